The molecule has 0 unspecified atom stereocenters. The molecule has 0 spiro atoms. The third kappa shape index (κ3) is 5.18. The summed E-state index contributed by atoms with van der Waals surface area (Å²) in [4.78, 5) is 13.7. The molecule has 2 N–H and O–H groups in total. The topological polar surface area (TPSA) is 61.8 Å². The van der Waals surface area contributed by atoms with Crippen LogP contribution in [0.1, 0.15) is 19.8 Å². The predicted octanol–water partition coefficient (Wildman–Crippen LogP) is 2.32. The van der Waals surface area contributed by atoms with Crippen LogP contribution in [0, 0.1) is 0 Å². The Morgan fingerprint density at radius 2 is 2.21 bits per heavy atom. The number of carbonyl (C=O) groups excluding carboxylic acids is 1. The van der Waals surface area contributed by atoms with Crippen molar-refractivity contribution in [2.24, 2.45) is 0 Å². The highest BCUT2D eigenvalue weighted by atomic mass is 16.5. The number of nitrogens with zero attached hydrogens (tertiary/aromatic N) is 1. The highest BCUT2D eigenvalue weighted by molar-refractivity contribution is 5.89. The zero-order valence-corrected chi connectivity index (χ0v) is 11.6. The molecule has 0 fully saturated rings. The number of ether oxygens (including phenoxy) is 1. The molecule has 5 heteroatoms. The number of methoxy groups -OCH3 is 1. The van der Waals surface area contributed by atoms with Crippen molar-refractivity contribution in [1.29, 1.82) is 0 Å². The van der Waals surface area contributed by atoms with E-state index in [9.17, 15) is 4.79 Å². The summed E-state index contributed by atoms with van der Waals surface area (Å²) in [7, 11) is 1.58. The predicted molar refractivity (Wildman–Crippen MR) is 75.6 cm³/mol. The van der Waals surface area contributed by atoms with Crippen LogP contribution < -0.4 is 10.1 Å². The molecule has 0 atom stereocenters. The lowest BCUT2D eigenvalue weighted by atomic mass is 10.3. The largest absolute Gasteiger partial charge is 0.497 e. The maximum Gasteiger partial charge on any atom is 0.321 e. The van der Waals surface area contributed by atoms with Crippen LogP contribution in [0.5, 0.6) is 5.75 Å². The summed E-state index contributed by atoms with van der Waals surface area (Å²) in [6.45, 7) is 3.02. The number of anilines is 1. The Morgan fingerprint density at radius 3 is 2.84 bits per heavy atom. The number of rotatable bonds is 7. The molecule has 2 amide bonds. The molecule has 0 aromatic heterocycles. The molecule has 1 rings (SSSR count). The lowest BCUT2D eigenvalue weighted by Crippen LogP contribution is -2.37. The summed E-state index contributed by atoms with van der Waals surface area (Å²) in [5, 5.41) is 11.8. The summed E-state index contributed by atoms with van der Waals surface area (Å²) >= 11 is 0. The van der Waals surface area contributed by atoms with Gasteiger partial charge in [-0.1, -0.05) is 19.4 Å². The smallest absolute Gasteiger partial charge is 0.321 e. The second kappa shape index (κ2) is 8.37. The lowest BCUT2D eigenvalue weighted by molar-refractivity contribution is 0.187. The Kier molecular flexibility index (Phi) is 6.74. The second-order valence-corrected chi connectivity index (χ2v) is 4.23. The van der Waals surface area contributed by atoms with E-state index in [0.717, 1.165) is 12.8 Å². The monoisotopic (exact) mass is 266 g/mol. The van der Waals surface area contributed by atoms with Gasteiger partial charge in [0, 0.05) is 24.8 Å². The van der Waals surface area contributed by atoms with Gasteiger partial charge in [-0.3, -0.25) is 0 Å². The number of urea groups is 1. The van der Waals surface area contributed by atoms with Crippen molar-refractivity contribution in [1.82, 2.24) is 4.90 Å². The molecule has 5 nitrogen and oxygen atoms in total. The number of hydrogen-bond donors (Lipinski definition) is 2. The number of unbranched alkanes of at least 4 members (excludes halogenated alkanes) is 1. The second-order valence-electron chi connectivity index (χ2n) is 4.23. The van der Waals surface area contributed by atoms with Crippen molar-refractivity contribution in [2.45, 2.75) is 19.8 Å². The molecule has 0 saturated carbocycles. The van der Waals surface area contributed by atoms with Crippen LogP contribution in [0.2, 0.25) is 0 Å². The summed E-state index contributed by atoms with van der Waals surface area (Å²) < 4.78 is 5.10. The van der Waals surface area contributed by atoms with E-state index in [4.69, 9.17) is 9.84 Å². The third-order valence-corrected chi connectivity index (χ3v) is 2.76. The summed E-state index contributed by atoms with van der Waals surface area (Å²) in [5.74, 6) is 0.695. The number of nitrogens with one attached hydrogen (secondary N) is 1. The molecule has 0 bridgehead atoms. The average Bonchev–Trinajstić information content (AvgIpc) is 2.43. The maximum atomic E-state index is 12.1. The van der Waals surface area contributed by atoms with Crippen LogP contribution in [0.4, 0.5) is 10.5 Å². The van der Waals surface area contributed by atoms with E-state index in [-0.39, 0.29) is 12.6 Å². The number of carbonyl (C=O) groups is 1. The third-order valence-electron chi connectivity index (χ3n) is 2.76. The molecule has 1 aromatic rings. The Morgan fingerprint density at radius 1 is 1.42 bits per heavy atom. The number of amides is 2. The van der Waals surface area contributed by atoms with E-state index in [1.54, 1.807) is 24.1 Å². The normalized spacial score (nSPS) is 10.1. The minimum Gasteiger partial charge on any atom is -0.497 e. The highest BCUT2D eigenvalue weighted by Gasteiger charge is 2.12. The standard InChI is InChI=1S/C14H22N2O3/c1-3-4-8-16(9-10-17)14(18)15-12-6-5-7-13(11-12)19-2/h5-7,11,17H,3-4,8-10H2,1-2H3,(H,15,18). The van der Waals surface area contributed by atoms with Gasteiger partial charge < -0.3 is 20.1 Å². The van der Waals surface area contributed by atoms with E-state index in [1.165, 1.54) is 0 Å². The van der Waals surface area contributed by atoms with E-state index in [2.05, 4.69) is 12.2 Å². The van der Waals surface area contributed by atoms with Gasteiger partial charge in [-0.25, -0.2) is 4.79 Å². The van der Waals surface area contributed by atoms with E-state index >= 15 is 0 Å². The van der Waals surface area contributed by atoms with Crippen molar-refractivity contribution < 1.29 is 14.6 Å². The van der Waals surface area contributed by atoms with Crippen LogP contribution in [0.3, 0.4) is 0 Å². The quantitative estimate of drug-likeness (QED) is 0.796. The molecule has 0 radical (unpaired) electrons. The number of aliphatic hydroxyl groups excluding tert-OH is 1. The first kappa shape index (κ1) is 15.3. The summed E-state index contributed by atoms with van der Waals surface area (Å²) in [6.07, 6.45) is 1.93. The van der Waals surface area contributed by atoms with Crippen LogP contribution in [0.15, 0.2) is 24.3 Å². The molecule has 106 valence electrons. The van der Waals surface area contributed by atoms with Crippen LogP contribution in [0.25, 0.3) is 0 Å². The molecule has 0 aliphatic heterocycles. The van der Waals surface area contributed by atoms with Crippen molar-refractivity contribution >= 4 is 11.7 Å². The van der Waals surface area contributed by atoms with Gasteiger partial charge in [-0.15, -0.1) is 0 Å². The van der Waals surface area contributed by atoms with Crippen molar-refractivity contribution in [2.75, 3.05) is 32.1 Å². The number of hydrogen-bond acceptors (Lipinski definition) is 3. The fourth-order valence-electron chi connectivity index (χ4n) is 1.69. The molecule has 19 heavy (non-hydrogen) atoms. The van der Waals surface area contributed by atoms with Crippen molar-refractivity contribution in [3.05, 3.63) is 24.3 Å². The zero-order valence-electron chi connectivity index (χ0n) is 11.6. The fourth-order valence-corrected chi connectivity index (χ4v) is 1.69. The minimum absolute atomic E-state index is 0.0325. The van der Waals surface area contributed by atoms with Gasteiger partial charge in [-0.2, -0.15) is 0 Å². The first-order valence-corrected chi connectivity index (χ1v) is 6.52. The van der Waals surface area contributed by atoms with Crippen LogP contribution in [-0.2, 0) is 0 Å². The van der Waals surface area contributed by atoms with Gasteiger partial charge in [0.1, 0.15) is 5.75 Å². The van der Waals surface area contributed by atoms with Crippen molar-refractivity contribution in [3.63, 3.8) is 0 Å². The highest BCUT2D eigenvalue weighted by Crippen LogP contribution is 2.17. The molecular weight excluding hydrogens is 244 g/mol. The molecule has 0 saturated heterocycles. The van der Waals surface area contributed by atoms with Gasteiger partial charge in [0.2, 0.25) is 0 Å². The van der Waals surface area contributed by atoms with Crippen molar-refractivity contribution in [3.8, 4) is 5.75 Å². The van der Waals surface area contributed by atoms with Gasteiger partial charge in [0.05, 0.1) is 13.7 Å². The first-order chi connectivity index (χ1) is 9.21. The SMILES string of the molecule is CCCCN(CCO)C(=O)Nc1cccc(OC)c1. The first-order valence-electron chi connectivity index (χ1n) is 6.52. The van der Waals surface area contributed by atoms with Gasteiger partial charge in [-0.05, 0) is 18.6 Å². The molecule has 1 aromatic carbocycles. The van der Waals surface area contributed by atoms with E-state index in [0.29, 0.717) is 24.5 Å². The van der Waals surface area contributed by atoms with Gasteiger partial charge in [0.15, 0.2) is 0 Å². The summed E-state index contributed by atoms with van der Waals surface area (Å²) in [6, 6.07) is 7.00. The Hall–Kier alpha value is -1.75. The summed E-state index contributed by atoms with van der Waals surface area (Å²) in [5.41, 5.74) is 0.684. The average molecular weight is 266 g/mol. The Balaban J connectivity index is 2.63. The Bertz CT molecular complexity index is 396. The zero-order chi connectivity index (χ0) is 14.1. The van der Waals surface area contributed by atoms with Crippen LogP contribution in [-0.4, -0.2) is 42.8 Å². The molecule has 0 aliphatic carbocycles. The van der Waals surface area contributed by atoms with Gasteiger partial charge >= 0.3 is 6.03 Å². The van der Waals surface area contributed by atoms with E-state index < -0.39 is 0 Å². The number of aliphatic hydroxyl groups is 1. The Labute approximate surface area is 114 Å². The molecular formula is C14H22N2O3. The molecule has 0 aliphatic rings. The maximum absolute atomic E-state index is 12.1. The fraction of sp³-hybridized carbons (Fsp3) is 0.500. The van der Waals surface area contributed by atoms with E-state index in [1.807, 2.05) is 12.1 Å². The van der Waals surface area contributed by atoms with Crippen LogP contribution >= 0.6 is 0 Å². The lowest BCUT2D eigenvalue weighted by Gasteiger charge is -2.22. The molecule has 0 heterocycles. The number of benzene rings is 1. The minimum atomic E-state index is -0.198. The van der Waals surface area contributed by atoms with Gasteiger partial charge in [0.25, 0.3) is 0 Å².